The maximum Gasteiger partial charge on any atom is 0.272 e. The smallest absolute Gasteiger partial charge is 0.272 e. The zero-order valence-electron chi connectivity index (χ0n) is 26.9. The van der Waals surface area contributed by atoms with E-state index < -0.39 is 17.1 Å². The van der Waals surface area contributed by atoms with Crippen molar-refractivity contribution in [2.75, 3.05) is 17.7 Å². The molecule has 3 N–H and O–H groups in total. The molecule has 0 bridgehead atoms. The maximum atomic E-state index is 13.8. The minimum Gasteiger partial charge on any atom is -0.497 e. The van der Waals surface area contributed by atoms with Crippen LogP contribution < -0.4 is 20.7 Å². The molecule has 6 rings (SSSR count). The third kappa shape index (κ3) is 8.93. The third-order valence-electron chi connectivity index (χ3n) is 7.45. The Labute approximate surface area is 298 Å². The van der Waals surface area contributed by atoms with Crippen molar-refractivity contribution in [2.24, 2.45) is 0 Å². The molecular weight excluding hydrogens is 665 g/mol. The Morgan fingerprint density at radius 3 is 2.16 bits per heavy atom. The molecule has 0 fully saturated rings. The largest absolute Gasteiger partial charge is 0.497 e. The van der Waals surface area contributed by atoms with Gasteiger partial charge in [-0.2, -0.15) is 0 Å². The summed E-state index contributed by atoms with van der Waals surface area (Å²) in [6, 6.07) is 42.3. The summed E-state index contributed by atoms with van der Waals surface area (Å²) in [5.74, 6) is -0.375. The highest BCUT2D eigenvalue weighted by molar-refractivity contribution is 8.00. The van der Waals surface area contributed by atoms with Gasteiger partial charge in [0.15, 0.2) is 5.13 Å². The van der Waals surface area contributed by atoms with Gasteiger partial charge in [-0.1, -0.05) is 84.9 Å². The van der Waals surface area contributed by atoms with Gasteiger partial charge in [0.2, 0.25) is 5.91 Å². The number of ether oxygens (including phenoxy) is 1. The summed E-state index contributed by atoms with van der Waals surface area (Å²) in [4.78, 5) is 45.8. The van der Waals surface area contributed by atoms with E-state index in [1.807, 2.05) is 109 Å². The third-order valence-corrected chi connectivity index (χ3v) is 9.45. The van der Waals surface area contributed by atoms with Crippen LogP contribution in [-0.2, 0) is 9.59 Å². The van der Waals surface area contributed by atoms with Gasteiger partial charge < -0.3 is 20.7 Å². The van der Waals surface area contributed by atoms with E-state index in [1.54, 1.807) is 49.6 Å². The molecule has 1 heterocycles. The molecule has 0 saturated carbocycles. The molecule has 0 aliphatic carbocycles. The molecule has 0 spiro atoms. The topological polar surface area (TPSA) is 109 Å². The fraction of sp³-hybridized carbons (Fsp3) is 0.0500. The molecule has 1 atom stereocenters. The zero-order valence-corrected chi connectivity index (χ0v) is 28.5. The van der Waals surface area contributed by atoms with Crippen molar-refractivity contribution in [3.05, 3.63) is 167 Å². The minimum atomic E-state index is -0.616. The lowest BCUT2D eigenvalue weighted by Crippen LogP contribution is -2.30. The van der Waals surface area contributed by atoms with Gasteiger partial charge in [0, 0.05) is 27.1 Å². The Balaban J connectivity index is 1.19. The number of thioether (sulfide) groups is 1. The quantitative estimate of drug-likeness (QED) is 0.0873. The number of hydrogen-bond donors (Lipinski definition) is 3. The number of thiazole rings is 1. The SMILES string of the molecule is COc1ccc(-c2csc(NC(=O)C(Sc3cccc(NC(=O)/C(=C/c4ccccc4)NC(=O)c4ccccc4)c3)c3ccccc3)n2)cc1. The van der Waals surface area contributed by atoms with Crippen molar-refractivity contribution < 1.29 is 19.1 Å². The van der Waals surface area contributed by atoms with E-state index >= 15 is 0 Å². The van der Waals surface area contributed by atoms with E-state index in [0.717, 1.165) is 33.0 Å². The first-order valence-electron chi connectivity index (χ1n) is 15.6. The molecule has 8 nitrogen and oxygen atoms in total. The Bertz CT molecular complexity index is 2100. The molecular formula is C40H32N4O4S2. The zero-order chi connectivity index (χ0) is 34.7. The number of amides is 3. The van der Waals surface area contributed by atoms with E-state index in [2.05, 4.69) is 20.9 Å². The Morgan fingerprint density at radius 1 is 0.780 bits per heavy atom. The molecule has 1 unspecified atom stereocenters. The molecule has 50 heavy (non-hydrogen) atoms. The Hall–Kier alpha value is -5.97. The van der Waals surface area contributed by atoms with E-state index in [4.69, 9.17) is 4.74 Å². The number of methoxy groups -OCH3 is 1. The van der Waals surface area contributed by atoms with E-state index in [9.17, 15) is 14.4 Å². The van der Waals surface area contributed by atoms with Crippen molar-refractivity contribution >= 4 is 57.7 Å². The minimum absolute atomic E-state index is 0.0853. The van der Waals surface area contributed by atoms with Crippen molar-refractivity contribution in [2.45, 2.75) is 10.1 Å². The second-order valence-corrected chi connectivity index (χ2v) is 13.0. The normalized spacial score (nSPS) is 11.7. The van der Waals surface area contributed by atoms with E-state index in [0.29, 0.717) is 16.4 Å². The van der Waals surface area contributed by atoms with Crippen molar-refractivity contribution in [3.8, 4) is 17.0 Å². The summed E-state index contributed by atoms with van der Waals surface area (Å²) in [6.45, 7) is 0. The molecule has 1 aromatic heterocycles. The van der Waals surface area contributed by atoms with Crippen LogP contribution in [0, 0.1) is 0 Å². The van der Waals surface area contributed by atoms with Crippen LogP contribution in [-0.4, -0.2) is 29.8 Å². The number of nitrogens with one attached hydrogen (secondary N) is 3. The molecule has 0 aliphatic rings. The molecule has 248 valence electrons. The van der Waals surface area contributed by atoms with Crippen LogP contribution in [0.1, 0.15) is 26.7 Å². The maximum absolute atomic E-state index is 13.8. The molecule has 10 heteroatoms. The first kappa shape index (κ1) is 33.9. The fourth-order valence-electron chi connectivity index (χ4n) is 4.94. The number of aromatic nitrogens is 1. The van der Waals surface area contributed by atoms with Gasteiger partial charge in [0.25, 0.3) is 11.8 Å². The Morgan fingerprint density at radius 2 is 1.46 bits per heavy atom. The lowest BCUT2D eigenvalue weighted by molar-refractivity contribution is -0.116. The van der Waals surface area contributed by atoms with Crippen LogP contribution in [0.25, 0.3) is 17.3 Å². The van der Waals surface area contributed by atoms with Crippen molar-refractivity contribution in [1.82, 2.24) is 10.3 Å². The monoisotopic (exact) mass is 696 g/mol. The lowest BCUT2D eigenvalue weighted by atomic mass is 10.1. The summed E-state index contributed by atoms with van der Waals surface area (Å²) in [6.07, 6.45) is 1.63. The van der Waals surface area contributed by atoms with Crippen molar-refractivity contribution in [1.29, 1.82) is 0 Å². The summed E-state index contributed by atoms with van der Waals surface area (Å²) in [5, 5.41) is 10.4. The Kier molecular flexibility index (Phi) is 11.1. The van der Waals surface area contributed by atoms with Gasteiger partial charge in [-0.05, 0) is 71.8 Å². The fourth-order valence-corrected chi connectivity index (χ4v) is 6.74. The first-order valence-corrected chi connectivity index (χ1v) is 17.4. The highest BCUT2D eigenvalue weighted by Crippen LogP contribution is 2.38. The van der Waals surface area contributed by atoms with Gasteiger partial charge in [0.05, 0.1) is 12.8 Å². The van der Waals surface area contributed by atoms with E-state index in [1.165, 1.54) is 23.1 Å². The van der Waals surface area contributed by atoms with Gasteiger partial charge in [-0.15, -0.1) is 23.1 Å². The first-order chi connectivity index (χ1) is 24.4. The molecule has 3 amide bonds. The van der Waals surface area contributed by atoms with Gasteiger partial charge >= 0.3 is 0 Å². The highest BCUT2D eigenvalue weighted by Gasteiger charge is 2.24. The average molecular weight is 697 g/mol. The van der Waals surface area contributed by atoms with Crippen LogP contribution in [0.15, 0.2) is 155 Å². The number of benzene rings is 5. The predicted octanol–water partition coefficient (Wildman–Crippen LogP) is 8.70. The van der Waals surface area contributed by atoms with Gasteiger partial charge in [-0.3, -0.25) is 14.4 Å². The summed E-state index contributed by atoms with van der Waals surface area (Å²) >= 11 is 2.70. The molecule has 6 aromatic rings. The standard InChI is InChI=1S/C40H32N4O4S2/c1-48-32-22-20-28(21-23-32)35-26-49-40(43-35)44-39(47)36(29-14-7-3-8-15-29)50-33-19-11-18-31(25-33)41-38(46)34(24-27-12-5-2-6-13-27)42-37(45)30-16-9-4-10-17-30/h2-26,36H,1H3,(H,41,46)(H,42,45)(H,43,44,47)/b34-24-. The van der Waals surface area contributed by atoms with Crippen LogP contribution in [0.2, 0.25) is 0 Å². The summed E-state index contributed by atoms with van der Waals surface area (Å²) in [5.41, 5.74) is 4.25. The number of anilines is 2. The molecule has 0 aliphatic heterocycles. The van der Waals surface area contributed by atoms with Crippen LogP contribution >= 0.6 is 23.1 Å². The van der Waals surface area contributed by atoms with Crippen LogP contribution in [0.3, 0.4) is 0 Å². The van der Waals surface area contributed by atoms with Crippen LogP contribution in [0.5, 0.6) is 5.75 Å². The van der Waals surface area contributed by atoms with Gasteiger partial charge in [0.1, 0.15) is 16.7 Å². The predicted molar refractivity (Wildman–Crippen MR) is 201 cm³/mol. The number of rotatable bonds is 12. The second-order valence-electron chi connectivity index (χ2n) is 10.9. The highest BCUT2D eigenvalue weighted by atomic mass is 32.2. The molecule has 5 aromatic carbocycles. The average Bonchev–Trinajstić information content (AvgIpc) is 3.63. The van der Waals surface area contributed by atoms with Crippen molar-refractivity contribution in [3.63, 3.8) is 0 Å². The van der Waals surface area contributed by atoms with Crippen LogP contribution in [0.4, 0.5) is 10.8 Å². The number of carbonyl (C=O) groups is 3. The molecule has 0 radical (unpaired) electrons. The van der Waals surface area contributed by atoms with E-state index in [-0.39, 0.29) is 11.6 Å². The summed E-state index contributed by atoms with van der Waals surface area (Å²) < 4.78 is 5.25. The molecule has 0 saturated heterocycles. The second kappa shape index (κ2) is 16.4. The van der Waals surface area contributed by atoms with Gasteiger partial charge in [-0.25, -0.2) is 4.98 Å². The lowest BCUT2D eigenvalue weighted by Gasteiger charge is -2.17. The number of carbonyl (C=O) groups excluding carboxylic acids is 3. The summed E-state index contributed by atoms with van der Waals surface area (Å²) in [7, 11) is 1.62. The number of hydrogen-bond acceptors (Lipinski definition) is 7. The number of nitrogens with zero attached hydrogens (tertiary/aromatic N) is 1.